The highest BCUT2D eigenvalue weighted by Gasteiger charge is 2.18. The molecule has 0 unspecified atom stereocenters. The van der Waals surface area contributed by atoms with Gasteiger partial charge in [0.25, 0.3) is 0 Å². The standard InChI is InChI=1S/C22H19S.ClHO4/c1-15-8-10-21-19(12-15)18(14-17-6-4-3-5-7-17)20-13-16(2)9-11-22(20)23-21;2-1(3,4)5/h3-13H,14H2,1-2H3;(H,2,3,4,5)/q+1;/p-1. The van der Waals surface area contributed by atoms with Crippen LogP contribution in [0.4, 0.5) is 0 Å². The Hall–Kier alpha value is -2.12. The minimum atomic E-state index is -4.94. The Labute approximate surface area is 169 Å². The molecule has 0 spiro atoms. The normalized spacial score (nSPS) is 11.4. The van der Waals surface area contributed by atoms with Crippen LogP contribution in [0.25, 0.3) is 20.2 Å². The lowest BCUT2D eigenvalue weighted by molar-refractivity contribution is -2.00. The Morgan fingerprint density at radius 1 is 0.714 bits per heavy atom. The zero-order chi connectivity index (χ0) is 20.3. The number of aryl methyl sites for hydroxylation is 2. The Bertz CT molecular complexity index is 1040. The molecule has 0 N–H and O–H groups in total. The molecule has 1 aromatic heterocycles. The molecule has 4 rings (SSSR count). The van der Waals surface area contributed by atoms with Gasteiger partial charge in [0.1, 0.15) is 0 Å². The van der Waals surface area contributed by atoms with Crippen molar-refractivity contribution in [3.8, 4) is 0 Å². The number of hydrogen-bond acceptors (Lipinski definition) is 4. The summed E-state index contributed by atoms with van der Waals surface area (Å²) in [5.74, 6) is 0. The first-order chi connectivity index (χ1) is 13.2. The SMILES string of the molecule is Cc1ccc2[s+]c3ccc(C)cc3c(Cc3ccccc3)c2c1.[O-][Cl+3]([O-])([O-])[O-]. The van der Waals surface area contributed by atoms with Gasteiger partial charge in [0, 0.05) is 22.9 Å². The van der Waals surface area contributed by atoms with Gasteiger partial charge >= 0.3 is 0 Å². The Morgan fingerprint density at radius 2 is 1.18 bits per heavy atom. The van der Waals surface area contributed by atoms with E-state index in [-0.39, 0.29) is 0 Å². The average molecular weight is 415 g/mol. The zero-order valence-electron chi connectivity index (χ0n) is 15.5. The molecular formula is C22H19ClO4S. The predicted octanol–water partition coefficient (Wildman–Crippen LogP) is 1.79. The van der Waals surface area contributed by atoms with Crippen molar-refractivity contribution < 1.29 is 28.9 Å². The third kappa shape index (κ3) is 5.45. The van der Waals surface area contributed by atoms with Crippen molar-refractivity contribution in [2.75, 3.05) is 0 Å². The van der Waals surface area contributed by atoms with Gasteiger partial charge in [0.2, 0.25) is 20.7 Å². The topological polar surface area (TPSA) is 92.2 Å². The third-order valence-electron chi connectivity index (χ3n) is 4.36. The summed E-state index contributed by atoms with van der Waals surface area (Å²) in [6, 6.07) is 24.4. The maximum Gasteiger partial charge on any atom is 0.239 e. The smallest absolute Gasteiger partial charge is 0.222 e. The van der Waals surface area contributed by atoms with Gasteiger partial charge in [0.15, 0.2) is 0 Å². The van der Waals surface area contributed by atoms with Crippen molar-refractivity contribution >= 4 is 31.5 Å². The number of halogens is 1. The molecule has 1 heterocycles. The summed E-state index contributed by atoms with van der Waals surface area (Å²) in [6.07, 6.45) is 0.980. The molecule has 0 fully saturated rings. The van der Waals surface area contributed by atoms with Crippen molar-refractivity contribution in [1.82, 2.24) is 0 Å². The minimum absolute atomic E-state index is 0.980. The average Bonchev–Trinajstić information content (AvgIpc) is 2.62. The van der Waals surface area contributed by atoms with Gasteiger partial charge < -0.3 is 0 Å². The van der Waals surface area contributed by atoms with Crippen molar-refractivity contribution in [3.63, 3.8) is 0 Å². The maximum absolute atomic E-state index is 8.49. The van der Waals surface area contributed by atoms with Crippen molar-refractivity contribution in [2.45, 2.75) is 20.3 Å². The largest absolute Gasteiger partial charge is 0.239 e. The summed E-state index contributed by atoms with van der Waals surface area (Å²) in [5.41, 5.74) is 5.47. The van der Waals surface area contributed by atoms with Crippen molar-refractivity contribution in [1.29, 1.82) is 0 Å². The molecule has 6 heteroatoms. The highest BCUT2D eigenvalue weighted by Crippen LogP contribution is 2.35. The monoisotopic (exact) mass is 414 g/mol. The lowest BCUT2D eigenvalue weighted by atomic mass is 9.97. The van der Waals surface area contributed by atoms with E-state index in [1.807, 2.05) is 11.3 Å². The fourth-order valence-corrected chi connectivity index (χ4v) is 4.28. The summed E-state index contributed by atoms with van der Waals surface area (Å²) in [5, 5.41) is 2.80. The van der Waals surface area contributed by atoms with E-state index in [0.29, 0.717) is 0 Å². The second-order valence-corrected chi connectivity index (χ2v) is 8.46. The van der Waals surface area contributed by atoms with Gasteiger partial charge in [-0.3, -0.25) is 0 Å². The Balaban J connectivity index is 0.000000403. The summed E-state index contributed by atoms with van der Waals surface area (Å²) in [4.78, 5) is 0. The van der Waals surface area contributed by atoms with E-state index in [2.05, 4.69) is 80.6 Å². The second-order valence-electron chi connectivity index (χ2n) is 6.62. The molecule has 28 heavy (non-hydrogen) atoms. The van der Waals surface area contributed by atoms with E-state index in [1.54, 1.807) is 0 Å². The first-order valence-corrected chi connectivity index (χ1v) is 10.7. The Morgan fingerprint density at radius 3 is 1.64 bits per heavy atom. The van der Waals surface area contributed by atoms with Crippen LogP contribution in [0.1, 0.15) is 22.3 Å². The molecule has 4 aromatic rings. The first kappa shape index (κ1) is 20.6. The van der Waals surface area contributed by atoms with Crippen LogP contribution in [-0.2, 0) is 6.42 Å². The molecule has 0 aliphatic heterocycles. The van der Waals surface area contributed by atoms with Crippen LogP contribution in [0.2, 0.25) is 0 Å². The molecule has 0 amide bonds. The fourth-order valence-electron chi connectivity index (χ4n) is 3.19. The number of hydrogen-bond donors (Lipinski definition) is 0. The number of benzene rings is 3. The van der Waals surface area contributed by atoms with Crippen molar-refractivity contribution in [3.05, 3.63) is 89.0 Å². The summed E-state index contributed by atoms with van der Waals surface area (Å²) >= 11 is 1.89. The molecule has 144 valence electrons. The molecule has 0 saturated carbocycles. The molecule has 0 bridgehead atoms. The van der Waals surface area contributed by atoms with Crippen molar-refractivity contribution in [2.24, 2.45) is 0 Å². The summed E-state index contributed by atoms with van der Waals surface area (Å²) < 4.78 is 36.7. The van der Waals surface area contributed by atoms with Crippen LogP contribution in [0.15, 0.2) is 66.7 Å². The lowest BCUT2D eigenvalue weighted by Crippen LogP contribution is -2.68. The maximum atomic E-state index is 8.49. The van der Waals surface area contributed by atoms with Crippen LogP contribution >= 0.6 is 11.3 Å². The fraction of sp³-hybridized carbons (Fsp3) is 0.136. The summed E-state index contributed by atoms with van der Waals surface area (Å²) in [6.45, 7) is 4.35. The van der Waals surface area contributed by atoms with Crippen LogP contribution in [0.5, 0.6) is 0 Å². The molecule has 0 saturated heterocycles. The van der Waals surface area contributed by atoms with E-state index in [9.17, 15) is 0 Å². The first-order valence-electron chi connectivity index (χ1n) is 8.62. The minimum Gasteiger partial charge on any atom is -0.222 e. The number of fused-ring (bicyclic) bond motifs is 2. The molecule has 0 atom stereocenters. The van der Waals surface area contributed by atoms with Gasteiger partial charge in [-0.25, -0.2) is 18.6 Å². The van der Waals surface area contributed by atoms with Gasteiger partial charge in [-0.15, -0.1) is 10.2 Å². The van der Waals surface area contributed by atoms with E-state index in [0.717, 1.165) is 6.42 Å². The van der Waals surface area contributed by atoms with Gasteiger partial charge in [-0.2, -0.15) is 0 Å². The van der Waals surface area contributed by atoms with Crippen LogP contribution in [-0.4, -0.2) is 0 Å². The van der Waals surface area contributed by atoms with E-state index in [4.69, 9.17) is 18.6 Å². The van der Waals surface area contributed by atoms with Gasteiger partial charge in [-0.05, 0) is 43.5 Å². The quantitative estimate of drug-likeness (QED) is 0.369. The third-order valence-corrected chi connectivity index (χ3v) is 5.52. The Kier molecular flexibility index (Phi) is 6.25. The lowest BCUT2D eigenvalue weighted by Gasteiger charge is -2.17. The highest BCUT2D eigenvalue weighted by atomic mass is 35.7. The summed E-state index contributed by atoms with van der Waals surface area (Å²) in [7, 11) is -4.94. The molecule has 0 aliphatic carbocycles. The molecule has 3 aromatic carbocycles. The second kappa shape index (κ2) is 8.49. The number of rotatable bonds is 2. The van der Waals surface area contributed by atoms with Gasteiger partial charge in [0.05, 0.1) is 0 Å². The van der Waals surface area contributed by atoms with E-state index < -0.39 is 10.2 Å². The molecular weight excluding hydrogens is 396 g/mol. The van der Waals surface area contributed by atoms with Gasteiger partial charge in [-0.1, -0.05) is 53.6 Å². The van der Waals surface area contributed by atoms with Crippen LogP contribution in [0, 0.1) is 24.1 Å². The van der Waals surface area contributed by atoms with Crippen LogP contribution in [0.3, 0.4) is 0 Å². The highest BCUT2D eigenvalue weighted by molar-refractivity contribution is 7.24. The molecule has 0 aliphatic rings. The predicted molar refractivity (Wildman–Crippen MR) is 102 cm³/mol. The van der Waals surface area contributed by atoms with E-state index in [1.165, 1.54) is 42.4 Å². The van der Waals surface area contributed by atoms with E-state index >= 15 is 0 Å². The molecule has 4 nitrogen and oxygen atoms in total. The van der Waals surface area contributed by atoms with Crippen LogP contribution < -0.4 is 18.6 Å². The zero-order valence-corrected chi connectivity index (χ0v) is 17.0. The molecule has 0 radical (unpaired) electrons.